The maximum Gasteiger partial charge on any atom is 0.261 e. The van der Waals surface area contributed by atoms with Gasteiger partial charge in [-0.2, -0.15) is 0 Å². The Morgan fingerprint density at radius 2 is 1.91 bits per heavy atom. The number of nitrogens with one attached hydrogen (secondary N) is 1. The number of sulfonamides is 1. The van der Waals surface area contributed by atoms with Gasteiger partial charge in [0, 0.05) is 6.42 Å². The van der Waals surface area contributed by atoms with Gasteiger partial charge in [0.15, 0.2) is 0 Å². The Balaban J connectivity index is 1.94. The highest BCUT2D eigenvalue weighted by molar-refractivity contribution is 7.92. The van der Waals surface area contributed by atoms with Crippen LogP contribution in [0.15, 0.2) is 47.4 Å². The molecule has 3 rings (SSSR count). The van der Waals surface area contributed by atoms with Crippen molar-refractivity contribution < 1.29 is 13.2 Å². The lowest BCUT2D eigenvalue weighted by Gasteiger charge is -2.15. The van der Waals surface area contributed by atoms with Crippen LogP contribution in [0.2, 0.25) is 0 Å². The van der Waals surface area contributed by atoms with E-state index in [1.165, 1.54) is 0 Å². The topological polar surface area (TPSA) is 55.4 Å². The van der Waals surface area contributed by atoms with Gasteiger partial charge in [0.05, 0.1) is 17.2 Å². The van der Waals surface area contributed by atoms with Crippen molar-refractivity contribution in [2.75, 3.05) is 11.3 Å². The second-order valence-corrected chi connectivity index (χ2v) is 7.40. The third kappa shape index (κ3) is 2.81. The zero-order valence-corrected chi connectivity index (χ0v) is 13.5. The molecule has 0 radical (unpaired) electrons. The van der Waals surface area contributed by atoms with Gasteiger partial charge in [0.25, 0.3) is 10.0 Å². The van der Waals surface area contributed by atoms with Crippen LogP contribution in [0, 0.1) is 0 Å². The fraction of sp³-hybridized carbons (Fsp3) is 0.294. The molecule has 1 aliphatic rings. The second kappa shape index (κ2) is 5.65. The third-order valence-corrected chi connectivity index (χ3v) is 5.16. The number of benzene rings is 2. The molecule has 4 nitrogen and oxygen atoms in total. The minimum absolute atomic E-state index is 0.243. The predicted octanol–water partition coefficient (Wildman–Crippen LogP) is 3.55. The zero-order chi connectivity index (χ0) is 15.7. The fourth-order valence-electron chi connectivity index (χ4n) is 2.63. The van der Waals surface area contributed by atoms with Crippen LogP contribution in [-0.2, 0) is 16.4 Å². The Hall–Kier alpha value is -2.01. The quantitative estimate of drug-likeness (QED) is 0.938. The normalized spacial score (nSPS) is 13.8. The second-order valence-electron chi connectivity index (χ2n) is 5.72. The van der Waals surface area contributed by atoms with Gasteiger partial charge in [-0.1, -0.05) is 32.0 Å². The van der Waals surface area contributed by atoms with E-state index in [1.54, 1.807) is 24.3 Å². The van der Waals surface area contributed by atoms with E-state index in [0.29, 0.717) is 12.3 Å². The van der Waals surface area contributed by atoms with Crippen molar-refractivity contribution in [2.45, 2.75) is 31.1 Å². The number of rotatable bonds is 4. The van der Waals surface area contributed by atoms with Crippen LogP contribution >= 0.6 is 0 Å². The summed E-state index contributed by atoms with van der Waals surface area (Å²) in [6, 6.07) is 12.5. The maximum atomic E-state index is 12.6. The van der Waals surface area contributed by atoms with E-state index in [-0.39, 0.29) is 10.8 Å². The summed E-state index contributed by atoms with van der Waals surface area (Å²) in [6.45, 7) is 4.70. The minimum atomic E-state index is -3.60. The highest BCUT2D eigenvalue weighted by Gasteiger charge is 2.20. The summed E-state index contributed by atoms with van der Waals surface area (Å²) in [6.07, 6.45) is 0.751. The molecule has 0 aromatic heterocycles. The number of ether oxygens (including phenoxy) is 1. The standard InChI is InChI=1S/C17H19NO3S/c1-12(2)15-5-3-4-6-16(15)18-22(19,20)14-7-8-17-13(11-14)9-10-21-17/h3-8,11-12,18H,9-10H2,1-2H3. The molecule has 2 aromatic carbocycles. The van der Waals surface area contributed by atoms with Crippen molar-refractivity contribution in [2.24, 2.45) is 0 Å². The molecule has 22 heavy (non-hydrogen) atoms. The summed E-state index contributed by atoms with van der Waals surface area (Å²) in [5.74, 6) is 1.02. The van der Waals surface area contributed by atoms with E-state index in [0.717, 1.165) is 23.3 Å². The van der Waals surface area contributed by atoms with Crippen LogP contribution in [-0.4, -0.2) is 15.0 Å². The van der Waals surface area contributed by atoms with E-state index in [1.807, 2.05) is 32.0 Å². The average molecular weight is 317 g/mol. The molecule has 5 heteroatoms. The molecule has 0 aliphatic carbocycles. The summed E-state index contributed by atoms with van der Waals surface area (Å²) in [5, 5.41) is 0. The Morgan fingerprint density at radius 1 is 1.14 bits per heavy atom. The molecule has 0 bridgehead atoms. The number of para-hydroxylation sites is 1. The molecule has 0 unspecified atom stereocenters. The molecular formula is C17H19NO3S. The highest BCUT2D eigenvalue weighted by Crippen LogP contribution is 2.30. The predicted molar refractivity (Wildman–Crippen MR) is 87.0 cm³/mol. The van der Waals surface area contributed by atoms with Crippen LogP contribution < -0.4 is 9.46 Å². The van der Waals surface area contributed by atoms with E-state index in [4.69, 9.17) is 4.74 Å². The van der Waals surface area contributed by atoms with Gasteiger partial charge in [-0.05, 0) is 41.3 Å². The van der Waals surface area contributed by atoms with Crippen LogP contribution in [0.4, 0.5) is 5.69 Å². The van der Waals surface area contributed by atoms with Crippen molar-refractivity contribution in [1.82, 2.24) is 0 Å². The third-order valence-electron chi connectivity index (χ3n) is 3.80. The van der Waals surface area contributed by atoms with Gasteiger partial charge in [-0.25, -0.2) is 8.42 Å². The van der Waals surface area contributed by atoms with Gasteiger partial charge < -0.3 is 4.74 Å². The number of hydrogen-bond donors (Lipinski definition) is 1. The Morgan fingerprint density at radius 3 is 2.68 bits per heavy atom. The first-order chi connectivity index (χ1) is 10.5. The lowest BCUT2D eigenvalue weighted by atomic mass is 10.0. The minimum Gasteiger partial charge on any atom is -0.493 e. The van der Waals surface area contributed by atoms with Crippen molar-refractivity contribution in [1.29, 1.82) is 0 Å². The van der Waals surface area contributed by atoms with Crippen molar-refractivity contribution in [3.63, 3.8) is 0 Å². The summed E-state index contributed by atoms with van der Waals surface area (Å²) in [7, 11) is -3.60. The first kappa shape index (κ1) is 14.9. The monoisotopic (exact) mass is 317 g/mol. The molecule has 0 saturated heterocycles. The molecule has 0 spiro atoms. The number of fused-ring (bicyclic) bond motifs is 1. The Labute approximate surface area is 131 Å². The molecule has 1 heterocycles. The molecule has 0 amide bonds. The lowest BCUT2D eigenvalue weighted by molar-refractivity contribution is 0.356. The fourth-order valence-corrected chi connectivity index (χ4v) is 3.77. The van der Waals surface area contributed by atoms with Gasteiger partial charge in [-0.3, -0.25) is 4.72 Å². The summed E-state index contributed by atoms with van der Waals surface area (Å²) < 4.78 is 33.4. The number of hydrogen-bond acceptors (Lipinski definition) is 3. The van der Waals surface area contributed by atoms with Gasteiger partial charge >= 0.3 is 0 Å². The van der Waals surface area contributed by atoms with Gasteiger partial charge in [-0.15, -0.1) is 0 Å². The number of anilines is 1. The van der Waals surface area contributed by atoms with Gasteiger partial charge in [0.1, 0.15) is 5.75 Å². The average Bonchev–Trinajstić information content (AvgIpc) is 2.94. The van der Waals surface area contributed by atoms with Crippen LogP contribution in [0.5, 0.6) is 5.75 Å². The van der Waals surface area contributed by atoms with Crippen molar-refractivity contribution in [3.05, 3.63) is 53.6 Å². The largest absolute Gasteiger partial charge is 0.493 e. The highest BCUT2D eigenvalue weighted by atomic mass is 32.2. The summed E-state index contributed by atoms with van der Waals surface area (Å²) in [5.41, 5.74) is 2.56. The first-order valence-electron chi connectivity index (χ1n) is 7.35. The SMILES string of the molecule is CC(C)c1ccccc1NS(=O)(=O)c1ccc2c(c1)CCO2. The summed E-state index contributed by atoms with van der Waals surface area (Å²) >= 11 is 0. The Bertz CT molecular complexity index is 797. The van der Waals surface area contributed by atoms with E-state index >= 15 is 0 Å². The van der Waals surface area contributed by atoms with E-state index in [9.17, 15) is 8.42 Å². The smallest absolute Gasteiger partial charge is 0.261 e. The van der Waals surface area contributed by atoms with Crippen LogP contribution in [0.3, 0.4) is 0 Å². The molecule has 0 saturated carbocycles. The summed E-state index contributed by atoms with van der Waals surface area (Å²) in [4.78, 5) is 0.273. The van der Waals surface area contributed by atoms with Crippen LogP contribution in [0.25, 0.3) is 0 Å². The molecule has 0 atom stereocenters. The maximum absolute atomic E-state index is 12.6. The van der Waals surface area contributed by atoms with E-state index in [2.05, 4.69) is 4.72 Å². The van der Waals surface area contributed by atoms with Crippen LogP contribution in [0.1, 0.15) is 30.9 Å². The molecule has 116 valence electrons. The first-order valence-corrected chi connectivity index (χ1v) is 8.83. The van der Waals surface area contributed by atoms with E-state index < -0.39 is 10.0 Å². The zero-order valence-electron chi connectivity index (χ0n) is 12.7. The lowest BCUT2D eigenvalue weighted by Crippen LogP contribution is -2.14. The molecule has 0 fully saturated rings. The molecule has 2 aromatic rings. The molecular weight excluding hydrogens is 298 g/mol. The molecule has 1 N–H and O–H groups in total. The van der Waals surface area contributed by atoms with Crippen molar-refractivity contribution >= 4 is 15.7 Å². The molecule has 1 aliphatic heterocycles. The van der Waals surface area contributed by atoms with Crippen molar-refractivity contribution in [3.8, 4) is 5.75 Å². The van der Waals surface area contributed by atoms with Gasteiger partial charge in [0.2, 0.25) is 0 Å². The Kier molecular flexibility index (Phi) is 3.83.